The van der Waals surface area contributed by atoms with E-state index in [0.717, 1.165) is 24.8 Å². The van der Waals surface area contributed by atoms with Gasteiger partial charge in [0, 0.05) is 12.3 Å². The number of aryl methyl sites for hydroxylation is 3. The lowest BCUT2D eigenvalue weighted by Gasteiger charge is -2.20. The van der Waals surface area contributed by atoms with Crippen molar-refractivity contribution in [3.8, 4) is 0 Å². The predicted molar refractivity (Wildman–Crippen MR) is 81.2 cm³/mol. The molecule has 108 valence electrons. The molecule has 1 aromatic rings. The topological polar surface area (TPSA) is 60.2 Å². The second-order valence-electron chi connectivity index (χ2n) is 5.09. The third-order valence-electron chi connectivity index (χ3n) is 3.43. The molecule has 0 aliphatic heterocycles. The van der Waals surface area contributed by atoms with Crippen LogP contribution in [0.2, 0.25) is 0 Å². The summed E-state index contributed by atoms with van der Waals surface area (Å²) in [6.07, 6.45) is 3.99. The summed E-state index contributed by atoms with van der Waals surface area (Å²) in [5.74, 6) is 0.0124. The average Bonchev–Trinajstić information content (AvgIpc) is 2.34. The lowest BCUT2D eigenvalue weighted by Crippen LogP contribution is -2.23. The number of benzene rings is 1. The fourth-order valence-corrected chi connectivity index (χ4v) is 3.34. The summed E-state index contributed by atoms with van der Waals surface area (Å²) < 4.78 is 22.9. The van der Waals surface area contributed by atoms with E-state index in [2.05, 4.69) is 32.9 Å². The fourth-order valence-electron chi connectivity index (χ4n) is 2.53. The van der Waals surface area contributed by atoms with Gasteiger partial charge < -0.3 is 5.73 Å². The summed E-state index contributed by atoms with van der Waals surface area (Å²) in [6.45, 7) is 6.31. The molecule has 0 aliphatic carbocycles. The maximum Gasteiger partial charge on any atom is 0.149 e. The summed E-state index contributed by atoms with van der Waals surface area (Å²) in [5, 5.41) is 0. The third-order valence-corrected chi connectivity index (χ3v) is 4.40. The van der Waals surface area contributed by atoms with Gasteiger partial charge in [0.25, 0.3) is 0 Å². The van der Waals surface area contributed by atoms with E-state index in [1.165, 1.54) is 22.9 Å². The molecule has 0 heterocycles. The van der Waals surface area contributed by atoms with Crippen molar-refractivity contribution in [2.75, 3.05) is 12.0 Å². The van der Waals surface area contributed by atoms with E-state index in [1.807, 2.05) is 0 Å². The Bertz CT molecular complexity index is 510. The minimum atomic E-state index is -3.06. The van der Waals surface area contributed by atoms with E-state index >= 15 is 0 Å². The average molecular weight is 283 g/mol. The molecule has 1 rings (SSSR count). The lowest BCUT2D eigenvalue weighted by molar-refractivity contribution is 0.594. The maximum absolute atomic E-state index is 11.5. The maximum atomic E-state index is 11.5. The Hall–Kier alpha value is -0.870. The van der Waals surface area contributed by atoms with Gasteiger partial charge in [0.1, 0.15) is 9.84 Å². The molecule has 2 N–H and O–H groups in total. The number of hydrogen-bond donors (Lipinski definition) is 1. The Morgan fingerprint density at radius 2 is 1.53 bits per heavy atom. The second-order valence-corrected chi connectivity index (χ2v) is 7.27. The molecular formula is C15H25NO2S. The van der Waals surface area contributed by atoms with E-state index in [0.29, 0.717) is 0 Å². The van der Waals surface area contributed by atoms with Crippen LogP contribution in [0.5, 0.6) is 0 Å². The molecular weight excluding hydrogens is 258 g/mol. The van der Waals surface area contributed by atoms with Crippen molar-refractivity contribution < 1.29 is 8.42 Å². The summed E-state index contributed by atoms with van der Waals surface area (Å²) in [4.78, 5) is 0. The van der Waals surface area contributed by atoms with E-state index in [-0.39, 0.29) is 5.75 Å². The normalized spacial score (nSPS) is 13.5. The SMILES string of the molecule is CCc1cc(CC)c(C(N)CS(C)(=O)=O)c(CC)c1. The zero-order chi connectivity index (χ0) is 14.6. The van der Waals surface area contributed by atoms with Crippen LogP contribution in [0, 0.1) is 0 Å². The van der Waals surface area contributed by atoms with Crippen LogP contribution in [0.15, 0.2) is 12.1 Å². The number of hydrogen-bond acceptors (Lipinski definition) is 3. The molecule has 1 aromatic carbocycles. The smallest absolute Gasteiger partial charge is 0.149 e. The molecule has 0 fully saturated rings. The molecule has 1 atom stereocenters. The van der Waals surface area contributed by atoms with Crippen molar-refractivity contribution >= 4 is 9.84 Å². The molecule has 4 heteroatoms. The van der Waals surface area contributed by atoms with Gasteiger partial charge in [-0.3, -0.25) is 0 Å². The minimum Gasteiger partial charge on any atom is -0.323 e. The van der Waals surface area contributed by atoms with Crippen LogP contribution in [-0.2, 0) is 29.1 Å². The molecule has 0 saturated carbocycles. The van der Waals surface area contributed by atoms with Crippen molar-refractivity contribution in [1.82, 2.24) is 0 Å². The van der Waals surface area contributed by atoms with Gasteiger partial charge in [0.15, 0.2) is 0 Å². The number of nitrogens with two attached hydrogens (primary N) is 1. The monoisotopic (exact) mass is 283 g/mol. The van der Waals surface area contributed by atoms with E-state index in [9.17, 15) is 8.42 Å². The third kappa shape index (κ3) is 4.32. The zero-order valence-corrected chi connectivity index (χ0v) is 13.2. The predicted octanol–water partition coefficient (Wildman–Crippen LogP) is 2.42. The van der Waals surface area contributed by atoms with Gasteiger partial charge in [-0.05, 0) is 41.5 Å². The Kier molecular flexibility index (Phi) is 5.56. The van der Waals surface area contributed by atoms with Crippen LogP contribution < -0.4 is 5.73 Å². The van der Waals surface area contributed by atoms with Gasteiger partial charge >= 0.3 is 0 Å². The minimum absolute atomic E-state index is 0.0124. The van der Waals surface area contributed by atoms with Crippen molar-refractivity contribution in [3.63, 3.8) is 0 Å². The molecule has 0 saturated heterocycles. The van der Waals surface area contributed by atoms with Gasteiger partial charge in [0.2, 0.25) is 0 Å². The molecule has 3 nitrogen and oxygen atoms in total. The van der Waals surface area contributed by atoms with Crippen molar-refractivity contribution in [3.05, 3.63) is 34.4 Å². The van der Waals surface area contributed by atoms with Crippen molar-refractivity contribution in [2.24, 2.45) is 5.73 Å². The lowest BCUT2D eigenvalue weighted by atomic mass is 9.90. The summed E-state index contributed by atoms with van der Waals surface area (Å²) in [7, 11) is -3.06. The Labute approximate surface area is 117 Å². The van der Waals surface area contributed by atoms with Gasteiger partial charge in [-0.25, -0.2) is 8.42 Å². The van der Waals surface area contributed by atoms with Gasteiger partial charge in [-0.1, -0.05) is 32.9 Å². The fraction of sp³-hybridized carbons (Fsp3) is 0.600. The highest BCUT2D eigenvalue weighted by Crippen LogP contribution is 2.26. The summed E-state index contributed by atoms with van der Waals surface area (Å²) >= 11 is 0. The molecule has 0 spiro atoms. The highest BCUT2D eigenvalue weighted by Gasteiger charge is 2.19. The van der Waals surface area contributed by atoms with Crippen LogP contribution in [0.25, 0.3) is 0 Å². The van der Waals surface area contributed by atoms with E-state index in [4.69, 9.17) is 5.73 Å². The first-order chi connectivity index (χ1) is 8.82. The van der Waals surface area contributed by atoms with Crippen molar-refractivity contribution in [1.29, 1.82) is 0 Å². The first-order valence-electron chi connectivity index (χ1n) is 6.90. The van der Waals surface area contributed by atoms with Gasteiger partial charge in [0.05, 0.1) is 5.75 Å². The Morgan fingerprint density at radius 1 is 1.05 bits per heavy atom. The van der Waals surface area contributed by atoms with Crippen LogP contribution >= 0.6 is 0 Å². The van der Waals surface area contributed by atoms with Gasteiger partial charge in [-0.15, -0.1) is 0 Å². The molecule has 19 heavy (non-hydrogen) atoms. The van der Waals surface area contributed by atoms with E-state index < -0.39 is 15.9 Å². The number of rotatable bonds is 6. The molecule has 0 aromatic heterocycles. The first kappa shape index (κ1) is 16.2. The Morgan fingerprint density at radius 3 is 1.84 bits per heavy atom. The second kappa shape index (κ2) is 6.53. The molecule has 0 radical (unpaired) electrons. The standard InChI is InChI=1S/C15H25NO2S/c1-5-11-8-12(6-2)15(13(7-3)9-11)14(16)10-19(4,17)18/h8-9,14H,5-7,10,16H2,1-4H3. The largest absolute Gasteiger partial charge is 0.323 e. The highest BCUT2D eigenvalue weighted by atomic mass is 32.2. The summed E-state index contributed by atoms with van der Waals surface area (Å²) in [5.41, 5.74) is 10.9. The number of sulfone groups is 1. The van der Waals surface area contributed by atoms with Crippen LogP contribution in [0.3, 0.4) is 0 Å². The molecule has 0 bridgehead atoms. The van der Waals surface area contributed by atoms with Crippen LogP contribution in [-0.4, -0.2) is 20.4 Å². The van der Waals surface area contributed by atoms with Crippen LogP contribution in [0.1, 0.15) is 49.1 Å². The quantitative estimate of drug-likeness (QED) is 0.872. The van der Waals surface area contributed by atoms with Crippen molar-refractivity contribution in [2.45, 2.75) is 46.1 Å². The van der Waals surface area contributed by atoms with E-state index in [1.54, 1.807) is 0 Å². The molecule has 0 aliphatic rings. The summed E-state index contributed by atoms with van der Waals surface area (Å²) in [6, 6.07) is 3.90. The highest BCUT2D eigenvalue weighted by molar-refractivity contribution is 7.90. The van der Waals surface area contributed by atoms with Gasteiger partial charge in [-0.2, -0.15) is 0 Å². The zero-order valence-electron chi connectivity index (χ0n) is 12.4. The Balaban J connectivity index is 3.31. The first-order valence-corrected chi connectivity index (χ1v) is 8.96. The molecule has 1 unspecified atom stereocenters. The molecule has 0 amide bonds. The van der Waals surface area contributed by atoms with Crippen LogP contribution in [0.4, 0.5) is 0 Å².